The van der Waals surface area contributed by atoms with Crippen LogP contribution in [0, 0.1) is 6.92 Å². The summed E-state index contributed by atoms with van der Waals surface area (Å²) >= 11 is 6.72. The van der Waals surface area contributed by atoms with Gasteiger partial charge in [-0.25, -0.2) is 0 Å². The first-order chi connectivity index (χ1) is 10.4. The van der Waals surface area contributed by atoms with Crippen molar-refractivity contribution in [2.45, 2.75) is 6.92 Å². The van der Waals surface area contributed by atoms with Gasteiger partial charge in [-0.2, -0.15) is 0 Å². The number of rotatable bonds is 3. The molecule has 0 bridgehead atoms. The Morgan fingerprint density at radius 1 is 0.864 bits per heavy atom. The van der Waals surface area contributed by atoms with E-state index in [4.69, 9.17) is 0 Å². The molecule has 2 aromatic rings. The highest BCUT2D eigenvalue weighted by Gasteiger charge is 2.01. The van der Waals surface area contributed by atoms with Gasteiger partial charge in [0.15, 0.2) is 0 Å². The summed E-state index contributed by atoms with van der Waals surface area (Å²) in [6.07, 6.45) is 1.67. The van der Waals surface area contributed by atoms with Crippen molar-refractivity contribution >= 4 is 50.1 Å². The van der Waals surface area contributed by atoms with Crippen molar-refractivity contribution < 1.29 is 9.59 Å². The van der Waals surface area contributed by atoms with Crippen LogP contribution in [-0.4, -0.2) is 26.7 Å². The maximum atomic E-state index is 10.4. The Labute approximate surface area is 147 Å². The third-order valence-corrected chi connectivity index (χ3v) is 4.41. The minimum atomic E-state index is 0.687. The molecule has 0 saturated heterocycles. The lowest BCUT2D eigenvalue weighted by Gasteiger charge is -2.14. The molecule has 0 atom stereocenters. The Morgan fingerprint density at radius 3 is 1.77 bits per heavy atom. The Kier molecular flexibility index (Phi) is 7.48. The van der Waals surface area contributed by atoms with Gasteiger partial charge in [0.25, 0.3) is 0 Å². The van der Waals surface area contributed by atoms with Gasteiger partial charge in [0.05, 0.1) is 5.69 Å². The lowest BCUT2D eigenvalue weighted by Crippen LogP contribution is -2.09. The van der Waals surface area contributed by atoms with Crippen LogP contribution in [0.1, 0.15) is 26.3 Å². The minimum Gasteiger partial charge on any atom is -0.377 e. The zero-order valence-electron chi connectivity index (χ0n) is 12.6. The number of hydrogen-bond donors (Lipinski definition) is 0. The van der Waals surface area contributed by atoms with Gasteiger partial charge in [0, 0.05) is 34.2 Å². The van der Waals surface area contributed by atoms with E-state index in [0.717, 1.165) is 32.8 Å². The van der Waals surface area contributed by atoms with Crippen LogP contribution in [0.2, 0.25) is 0 Å². The average molecular weight is 427 g/mol. The highest BCUT2D eigenvalue weighted by atomic mass is 79.9. The number of benzene rings is 2. The highest BCUT2D eigenvalue weighted by Crippen LogP contribution is 2.24. The molecule has 0 radical (unpaired) electrons. The first-order valence-corrected chi connectivity index (χ1v) is 8.11. The molecule has 0 saturated carbocycles. The summed E-state index contributed by atoms with van der Waals surface area (Å²) in [7, 11) is 3.92. The number of carbonyl (C=O) groups excluding carboxylic acids is 2. The number of anilines is 1. The van der Waals surface area contributed by atoms with Crippen LogP contribution in [0.15, 0.2) is 45.3 Å². The molecule has 3 nitrogen and oxygen atoms in total. The standard InChI is InChI=1S/C9H10BrNO.C8H7BrO/c1-11(2)9-4-3-7(6-12)5-8(9)10;1-6-2-3-7(5-10)4-8(6)9/h3-6H,1-2H3;2-5H,1H3. The molecule has 0 aliphatic heterocycles. The fraction of sp³-hybridized carbons (Fsp3) is 0.176. The van der Waals surface area contributed by atoms with Crippen LogP contribution in [0.25, 0.3) is 0 Å². The summed E-state index contributed by atoms with van der Waals surface area (Å²) in [6.45, 7) is 1.98. The van der Waals surface area contributed by atoms with Crippen molar-refractivity contribution in [2.75, 3.05) is 19.0 Å². The molecule has 0 spiro atoms. The molecule has 0 aliphatic carbocycles. The molecular weight excluding hydrogens is 410 g/mol. The summed E-state index contributed by atoms with van der Waals surface area (Å²) < 4.78 is 1.93. The summed E-state index contributed by atoms with van der Waals surface area (Å²) in [4.78, 5) is 22.6. The van der Waals surface area contributed by atoms with Gasteiger partial charge in [-0.05, 0) is 52.7 Å². The summed E-state index contributed by atoms with van der Waals surface area (Å²) in [5.41, 5.74) is 3.61. The van der Waals surface area contributed by atoms with E-state index in [-0.39, 0.29) is 0 Å². The van der Waals surface area contributed by atoms with Crippen molar-refractivity contribution in [1.29, 1.82) is 0 Å². The first-order valence-electron chi connectivity index (χ1n) is 6.52. The first kappa shape index (κ1) is 18.6. The van der Waals surface area contributed by atoms with E-state index in [9.17, 15) is 9.59 Å². The SMILES string of the molecule is CN(C)c1ccc(C=O)cc1Br.Cc1ccc(C=O)cc1Br. The van der Waals surface area contributed by atoms with Gasteiger partial charge < -0.3 is 4.90 Å². The number of carbonyl (C=O) groups is 2. The Hall–Kier alpha value is -1.46. The monoisotopic (exact) mass is 425 g/mol. The molecule has 0 unspecified atom stereocenters. The van der Waals surface area contributed by atoms with Crippen LogP contribution in [-0.2, 0) is 0 Å². The minimum absolute atomic E-state index is 0.687. The molecule has 0 amide bonds. The molecule has 2 rings (SSSR count). The smallest absolute Gasteiger partial charge is 0.150 e. The maximum absolute atomic E-state index is 10.4. The summed E-state index contributed by atoms with van der Waals surface area (Å²) in [6, 6.07) is 11.0. The van der Waals surface area contributed by atoms with Crippen molar-refractivity contribution in [2.24, 2.45) is 0 Å². The van der Waals surface area contributed by atoms with Crippen molar-refractivity contribution in [1.82, 2.24) is 0 Å². The fourth-order valence-electron chi connectivity index (χ4n) is 1.64. The number of halogens is 2. The average Bonchev–Trinajstić information content (AvgIpc) is 2.50. The van der Waals surface area contributed by atoms with Gasteiger partial charge >= 0.3 is 0 Å². The predicted octanol–water partition coefficient (Wildman–Crippen LogP) is 4.90. The zero-order valence-corrected chi connectivity index (χ0v) is 15.8. The zero-order chi connectivity index (χ0) is 16.7. The van der Waals surface area contributed by atoms with Crippen molar-refractivity contribution in [3.63, 3.8) is 0 Å². The summed E-state index contributed by atoms with van der Waals surface area (Å²) in [5.74, 6) is 0. The fourth-order valence-corrected chi connectivity index (χ4v) is 2.79. The number of aryl methyl sites for hydroxylation is 1. The van der Waals surface area contributed by atoms with Crippen LogP contribution in [0.4, 0.5) is 5.69 Å². The van der Waals surface area contributed by atoms with E-state index in [1.165, 1.54) is 0 Å². The molecule has 5 heteroatoms. The van der Waals surface area contributed by atoms with Gasteiger partial charge in [0.1, 0.15) is 12.6 Å². The molecule has 0 aliphatic rings. The second kappa shape index (κ2) is 8.86. The second-order valence-electron chi connectivity index (χ2n) is 4.85. The van der Waals surface area contributed by atoms with E-state index in [1.807, 2.05) is 50.2 Å². The Bertz CT molecular complexity index is 670. The molecule has 2 aromatic carbocycles. The van der Waals surface area contributed by atoms with Crippen molar-refractivity contribution in [3.05, 3.63) is 62.0 Å². The molecule has 22 heavy (non-hydrogen) atoms. The lowest BCUT2D eigenvalue weighted by molar-refractivity contribution is 0.111. The Balaban J connectivity index is 0.000000224. The second-order valence-corrected chi connectivity index (χ2v) is 6.56. The van der Waals surface area contributed by atoms with Gasteiger partial charge in [-0.3, -0.25) is 9.59 Å². The van der Waals surface area contributed by atoms with E-state index >= 15 is 0 Å². The van der Waals surface area contributed by atoms with Gasteiger partial charge in [-0.1, -0.05) is 28.1 Å². The topological polar surface area (TPSA) is 37.4 Å². The van der Waals surface area contributed by atoms with E-state index in [1.54, 1.807) is 12.1 Å². The molecular formula is C17H17Br2NO2. The van der Waals surface area contributed by atoms with Crippen LogP contribution in [0.3, 0.4) is 0 Å². The quantitative estimate of drug-likeness (QED) is 0.655. The molecule has 0 aromatic heterocycles. The van der Waals surface area contributed by atoms with Crippen molar-refractivity contribution in [3.8, 4) is 0 Å². The van der Waals surface area contributed by atoms with Gasteiger partial charge in [-0.15, -0.1) is 0 Å². The van der Waals surface area contributed by atoms with E-state index in [0.29, 0.717) is 11.1 Å². The van der Waals surface area contributed by atoms with Crippen LogP contribution >= 0.6 is 31.9 Å². The number of hydrogen-bond acceptors (Lipinski definition) is 3. The third-order valence-electron chi connectivity index (χ3n) is 2.92. The number of nitrogens with zero attached hydrogens (tertiary/aromatic N) is 1. The lowest BCUT2D eigenvalue weighted by atomic mass is 10.2. The predicted molar refractivity (Wildman–Crippen MR) is 98.1 cm³/mol. The Morgan fingerprint density at radius 2 is 1.36 bits per heavy atom. The van der Waals surface area contributed by atoms with Crippen LogP contribution < -0.4 is 4.90 Å². The number of aldehydes is 2. The molecule has 0 N–H and O–H groups in total. The normalized spacial score (nSPS) is 9.50. The van der Waals surface area contributed by atoms with E-state index in [2.05, 4.69) is 31.9 Å². The largest absolute Gasteiger partial charge is 0.377 e. The summed E-state index contributed by atoms with van der Waals surface area (Å²) in [5, 5.41) is 0. The third kappa shape index (κ3) is 5.39. The molecule has 0 fully saturated rings. The maximum Gasteiger partial charge on any atom is 0.150 e. The molecule has 116 valence electrons. The molecule has 0 heterocycles. The van der Waals surface area contributed by atoms with Crippen LogP contribution in [0.5, 0.6) is 0 Å². The van der Waals surface area contributed by atoms with Gasteiger partial charge in [0.2, 0.25) is 0 Å². The highest BCUT2D eigenvalue weighted by molar-refractivity contribution is 9.10. The van der Waals surface area contributed by atoms with E-state index < -0.39 is 0 Å².